The normalized spacial score (nSPS) is 11.4. The smallest absolute Gasteiger partial charge is 0.258 e. The Kier molecular flexibility index (Phi) is 4.12. The average Bonchev–Trinajstić information content (AvgIpc) is 2.16. The van der Waals surface area contributed by atoms with E-state index in [9.17, 15) is 18.5 Å². The first kappa shape index (κ1) is 13.2. The summed E-state index contributed by atoms with van der Waals surface area (Å²) in [7, 11) is -3.77. The Bertz CT molecular complexity index is 515. The third-order valence-electron chi connectivity index (χ3n) is 1.81. The third kappa shape index (κ3) is 2.63. The van der Waals surface area contributed by atoms with E-state index in [2.05, 4.69) is 0 Å². The molecule has 0 spiro atoms. The lowest BCUT2D eigenvalue weighted by molar-refractivity contribution is -0.387. The molecule has 1 aromatic rings. The molecule has 0 aliphatic heterocycles. The van der Waals surface area contributed by atoms with Crippen molar-refractivity contribution >= 4 is 38.7 Å². The molecule has 0 aromatic heterocycles. The molecular weight excluding hydrogens is 277 g/mol. The fraction of sp³-hybridized carbons (Fsp3) is 0.250. The summed E-state index contributed by atoms with van der Waals surface area (Å²) in [6, 6.07) is 3.75. The van der Waals surface area contributed by atoms with Crippen LogP contribution in [0.2, 0.25) is 5.02 Å². The van der Waals surface area contributed by atoms with Crippen molar-refractivity contribution < 1.29 is 13.3 Å². The second-order valence-electron chi connectivity index (χ2n) is 2.85. The first-order chi connectivity index (χ1) is 7.40. The third-order valence-corrected chi connectivity index (χ3v) is 4.27. The summed E-state index contributed by atoms with van der Waals surface area (Å²) >= 11 is 10.9. The molecule has 0 heterocycles. The number of rotatable bonds is 4. The van der Waals surface area contributed by atoms with Crippen LogP contribution in [0, 0.1) is 10.1 Å². The predicted octanol–water partition coefficient (Wildman–Crippen LogP) is 2.26. The van der Waals surface area contributed by atoms with Crippen LogP contribution in [-0.4, -0.2) is 25.0 Å². The van der Waals surface area contributed by atoms with Crippen LogP contribution in [-0.2, 0) is 9.84 Å². The van der Waals surface area contributed by atoms with Crippen LogP contribution in [0.1, 0.15) is 0 Å². The van der Waals surface area contributed by atoms with Crippen LogP contribution in [0.4, 0.5) is 5.69 Å². The molecule has 16 heavy (non-hydrogen) atoms. The highest BCUT2D eigenvalue weighted by molar-refractivity contribution is 7.91. The van der Waals surface area contributed by atoms with Crippen LogP contribution in [0.3, 0.4) is 0 Å². The van der Waals surface area contributed by atoms with Gasteiger partial charge in [-0.3, -0.25) is 10.1 Å². The van der Waals surface area contributed by atoms with Gasteiger partial charge in [-0.2, -0.15) is 0 Å². The fourth-order valence-corrected chi connectivity index (χ4v) is 3.23. The fourth-order valence-electron chi connectivity index (χ4n) is 1.14. The minimum Gasteiger partial charge on any atom is -0.258 e. The molecule has 0 aliphatic carbocycles. The Labute approximate surface area is 102 Å². The number of alkyl halides is 1. The molecule has 0 saturated carbocycles. The molecule has 0 saturated heterocycles. The molecule has 0 bridgehead atoms. The van der Waals surface area contributed by atoms with E-state index in [0.29, 0.717) is 0 Å². The van der Waals surface area contributed by atoms with E-state index in [-0.39, 0.29) is 16.7 Å². The maximum absolute atomic E-state index is 11.7. The van der Waals surface area contributed by atoms with Gasteiger partial charge in [0.25, 0.3) is 0 Å². The van der Waals surface area contributed by atoms with Crippen molar-refractivity contribution in [3.05, 3.63) is 33.3 Å². The average molecular weight is 284 g/mol. The van der Waals surface area contributed by atoms with Crippen LogP contribution in [0.5, 0.6) is 0 Å². The van der Waals surface area contributed by atoms with E-state index in [1.807, 2.05) is 0 Å². The zero-order chi connectivity index (χ0) is 12.3. The van der Waals surface area contributed by atoms with Gasteiger partial charge in [0, 0.05) is 5.88 Å². The van der Waals surface area contributed by atoms with Crippen molar-refractivity contribution in [1.29, 1.82) is 0 Å². The molecule has 0 atom stereocenters. The molecule has 1 aromatic carbocycles. The maximum atomic E-state index is 11.7. The van der Waals surface area contributed by atoms with Crippen LogP contribution in [0.25, 0.3) is 0 Å². The number of nitro groups is 1. The van der Waals surface area contributed by atoms with Gasteiger partial charge in [0.2, 0.25) is 0 Å². The van der Waals surface area contributed by atoms with E-state index in [1.54, 1.807) is 0 Å². The van der Waals surface area contributed by atoms with Gasteiger partial charge in [0.05, 0.1) is 10.7 Å². The lowest BCUT2D eigenvalue weighted by Crippen LogP contribution is -2.10. The molecule has 8 heteroatoms. The highest BCUT2D eigenvalue weighted by Crippen LogP contribution is 2.31. The van der Waals surface area contributed by atoms with Gasteiger partial charge < -0.3 is 0 Å². The van der Waals surface area contributed by atoms with Gasteiger partial charge in [-0.25, -0.2) is 8.42 Å². The number of hydrogen-bond acceptors (Lipinski definition) is 4. The van der Waals surface area contributed by atoms with Crippen LogP contribution in [0.15, 0.2) is 23.1 Å². The number of benzene rings is 1. The molecule has 5 nitrogen and oxygen atoms in total. The zero-order valence-corrected chi connectivity index (χ0v) is 10.2. The van der Waals surface area contributed by atoms with Gasteiger partial charge in [0.15, 0.2) is 9.84 Å². The number of nitrogens with zero attached hydrogens (tertiary/aromatic N) is 1. The van der Waals surface area contributed by atoms with Gasteiger partial charge in [0.1, 0.15) is 9.92 Å². The quantitative estimate of drug-likeness (QED) is 0.482. The molecular formula is C8H7Cl2NO4S. The maximum Gasteiger partial charge on any atom is 0.306 e. The Morgan fingerprint density at radius 1 is 1.38 bits per heavy atom. The second-order valence-corrected chi connectivity index (χ2v) is 5.71. The largest absolute Gasteiger partial charge is 0.306 e. The zero-order valence-electron chi connectivity index (χ0n) is 7.89. The Balaban J connectivity index is 3.46. The van der Waals surface area contributed by atoms with Crippen molar-refractivity contribution in [3.8, 4) is 0 Å². The number of para-hydroxylation sites is 1. The standard InChI is InChI=1S/C8H7Cl2NO4S/c9-4-5-16(14,15)7-3-1-2-6(10)8(7)11(12)13/h1-3H,4-5H2. The molecule has 0 amide bonds. The molecule has 0 aliphatic rings. The van der Waals surface area contributed by atoms with Gasteiger partial charge in [-0.15, -0.1) is 11.6 Å². The lowest BCUT2D eigenvalue weighted by Gasteiger charge is -2.04. The van der Waals surface area contributed by atoms with E-state index in [0.717, 1.165) is 6.07 Å². The number of hydrogen-bond donors (Lipinski definition) is 0. The van der Waals surface area contributed by atoms with Crippen molar-refractivity contribution in [2.75, 3.05) is 11.6 Å². The molecule has 1 rings (SSSR count). The highest BCUT2D eigenvalue weighted by Gasteiger charge is 2.27. The summed E-state index contributed by atoms with van der Waals surface area (Å²) in [5.41, 5.74) is -0.603. The highest BCUT2D eigenvalue weighted by atomic mass is 35.5. The minimum absolute atomic E-state index is 0.133. The number of sulfone groups is 1. The predicted molar refractivity (Wildman–Crippen MR) is 60.9 cm³/mol. The van der Waals surface area contributed by atoms with E-state index in [4.69, 9.17) is 23.2 Å². The molecule has 0 fully saturated rings. The number of halogens is 2. The molecule has 0 N–H and O–H groups in total. The first-order valence-corrected chi connectivity index (χ1v) is 6.68. The summed E-state index contributed by atoms with van der Waals surface area (Å²) < 4.78 is 23.3. The lowest BCUT2D eigenvalue weighted by atomic mass is 10.3. The molecule has 88 valence electrons. The summed E-state index contributed by atoms with van der Waals surface area (Å²) in [5.74, 6) is -0.498. The molecule has 0 unspecified atom stereocenters. The van der Waals surface area contributed by atoms with Gasteiger partial charge >= 0.3 is 5.69 Å². The monoisotopic (exact) mass is 283 g/mol. The van der Waals surface area contributed by atoms with Crippen molar-refractivity contribution in [2.45, 2.75) is 4.90 Å². The van der Waals surface area contributed by atoms with Crippen LogP contribution >= 0.6 is 23.2 Å². The minimum atomic E-state index is -3.77. The Hall–Kier alpha value is -0.850. The van der Waals surface area contributed by atoms with E-state index < -0.39 is 25.3 Å². The van der Waals surface area contributed by atoms with Gasteiger partial charge in [-0.1, -0.05) is 17.7 Å². The summed E-state index contributed by atoms with van der Waals surface area (Å²) in [4.78, 5) is 9.50. The number of nitro benzene ring substituents is 1. The molecule has 0 radical (unpaired) electrons. The van der Waals surface area contributed by atoms with Crippen molar-refractivity contribution in [2.24, 2.45) is 0 Å². The SMILES string of the molecule is O=[N+]([O-])c1c(Cl)cccc1S(=O)(=O)CCCl. The van der Waals surface area contributed by atoms with E-state index in [1.165, 1.54) is 12.1 Å². The first-order valence-electron chi connectivity index (χ1n) is 4.12. The van der Waals surface area contributed by atoms with E-state index >= 15 is 0 Å². The second kappa shape index (κ2) is 4.99. The summed E-state index contributed by atoms with van der Waals surface area (Å²) in [5, 5.41) is 10.5. The van der Waals surface area contributed by atoms with Crippen molar-refractivity contribution in [1.82, 2.24) is 0 Å². The van der Waals surface area contributed by atoms with Crippen molar-refractivity contribution in [3.63, 3.8) is 0 Å². The topological polar surface area (TPSA) is 77.3 Å². The Morgan fingerprint density at radius 2 is 2.00 bits per heavy atom. The van der Waals surface area contributed by atoms with Gasteiger partial charge in [-0.05, 0) is 12.1 Å². The summed E-state index contributed by atoms with van der Waals surface area (Å²) in [6.45, 7) is 0. The Morgan fingerprint density at radius 3 is 2.50 bits per heavy atom. The van der Waals surface area contributed by atoms with Crippen LogP contribution < -0.4 is 0 Å². The summed E-state index contributed by atoms with van der Waals surface area (Å²) in [6.07, 6.45) is 0.